The van der Waals surface area contributed by atoms with Crippen molar-refractivity contribution in [2.45, 2.75) is 26.3 Å². The lowest BCUT2D eigenvalue weighted by Gasteiger charge is -2.48. The second-order valence-corrected chi connectivity index (χ2v) is 6.09. The van der Waals surface area contributed by atoms with Crippen LogP contribution in [0.3, 0.4) is 0 Å². The highest BCUT2D eigenvalue weighted by Gasteiger charge is 2.40. The molecule has 1 aliphatic rings. The summed E-state index contributed by atoms with van der Waals surface area (Å²) < 4.78 is 0. The van der Waals surface area contributed by atoms with Crippen molar-refractivity contribution in [1.29, 1.82) is 0 Å². The number of benzene rings is 2. The van der Waals surface area contributed by atoms with Crippen molar-refractivity contribution in [2.24, 2.45) is 0 Å². The van der Waals surface area contributed by atoms with Crippen molar-refractivity contribution >= 4 is 25.1 Å². The van der Waals surface area contributed by atoms with Gasteiger partial charge in [-0.15, -0.1) is 0 Å². The Hall–Kier alpha value is -1.83. The molecule has 1 saturated heterocycles. The van der Waals surface area contributed by atoms with E-state index in [1.807, 2.05) is 0 Å². The molecule has 0 spiro atoms. The van der Waals surface area contributed by atoms with E-state index in [1.54, 1.807) is 0 Å². The predicted molar refractivity (Wildman–Crippen MR) is 95.4 cm³/mol. The smallest absolute Gasteiger partial charge is 0.250 e. The molecule has 1 aliphatic heterocycles. The number of rotatable bonds is 2. The maximum atomic E-state index is 2.51. The highest BCUT2D eigenvalue weighted by Crippen LogP contribution is 2.32. The highest BCUT2D eigenvalue weighted by molar-refractivity contribution is 6.83. The summed E-state index contributed by atoms with van der Waals surface area (Å²) in [6.07, 6.45) is 0. The van der Waals surface area contributed by atoms with Crippen LogP contribution in [0.4, 0.5) is 11.4 Å². The maximum Gasteiger partial charge on any atom is 0.250 e. The standard InChI is InChI=1S/C17H22B2N2/c1-15-18(2)20(16-10-6-4-7-11-16)14-21(19(15)3)17-12-8-5-9-13-17/h4-13,15H,14H2,1-3H3. The van der Waals surface area contributed by atoms with E-state index in [0.717, 1.165) is 6.67 Å². The maximum absolute atomic E-state index is 2.51. The topological polar surface area (TPSA) is 6.48 Å². The first-order valence-corrected chi connectivity index (χ1v) is 7.82. The Morgan fingerprint density at radius 2 is 1.14 bits per heavy atom. The summed E-state index contributed by atoms with van der Waals surface area (Å²) in [4.78, 5) is 5.02. The molecular weight excluding hydrogens is 254 g/mol. The van der Waals surface area contributed by atoms with Crippen LogP contribution in [0, 0.1) is 0 Å². The third-order valence-electron chi connectivity index (χ3n) is 4.99. The van der Waals surface area contributed by atoms with Crippen LogP contribution >= 0.6 is 0 Å². The largest absolute Gasteiger partial charge is 0.400 e. The van der Waals surface area contributed by atoms with Crippen molar-refractivity contribution in [3.8, 4) is 0 Å². The normalized spacial score (nSPS) is 16.5. The van der Waals surface area contributed by atoms with E-state index in [4.69, 9.17) is 0 Å². The summed E-state index contributed by atoms with van der Waals surface area (Å²) in [7, 11) is 0. The lowest BCUT2D eigenvalue weighted by Crippen LogP contribution is -2.61. The fraction of sp³-hybridized carbons (Fsp3) is 0.294. The molecule has 3 rings (SSSR count). The fourth-order valence-electron chi connectivity index (χ4n) is 3.26. The number of para-hydroxylation sites is 2. The average Bonchev–Trinajstić information content (AvgIpc) is 2.55. The molecule has 0 saturated carbocycles. The minimum atomic E-state index is 0.544. The van der Waals surface area contributed by atoms with Gasteiger partial charge in [0.2, 0.25) is 0 Å². The first kappa shape index (κ1) is 14.1. The van der Waals surface area contributed by atoms with Crippen molar-refractivity contribution in [1.82, 2.24) is 0 Å². The molecule has 0 aromatic heterocycles. The molecule has 106 valence electrons. The Morgan fingerprint density at radius 3 is 1.52 bits per heavy atom. The van der Waals surface area contributed by atoms with Gasteiger partial charge in [-0.2, -0.15) is 0 Å². The molecule has 2 aromatic rings. The van der Waals surface area contributed by atoms with Gasteiger partial charge < -0.3 is 9.62 Å². The molecule has 4 heteroatoms. The summed E-state index contributed by atoms with van der Waals surface area (Å²) in [5.74, 6) is 0. The second-order valence-electron chi connectivity index (χ2n) is 6.09. The van der Waals surface area contributed by atoms with Gasteiger partial charge in [0.25, 0.3) is 13.7 Å². The van der Waals surface area contributed by atoms with E-state index in [-0.39, 0.29) is 0 Å². The summed E-state index contributed by atoms with van der Waals surface area (Å²) in [6, 6.07) is 21.5. The molecule has 2 aromatic carbocycles. The minimum Gasteiger partial charge on any atom is -0.400 e. The fourth-order valence-corrected chi connectivity index (χ4v) is 3.26. The monoisotopic (exact) mass is 276 g/mol. The van der Waals surface area contributed by atoms with Gasteiger partial charge in [0, 0.05) is 11.4 Å². The van der Waals surface area contributed by atoms with Crippen molar-refractivity contribution < 1.29 is 0 Å². The zero-order chi connectivity index (χ0) is 14.8. The van der Waals surface area contributed by atoms with Crippen LogP contribution in [0.5, 0.6) is 0 Å². The minimum absolute atomic E-state index is 0.544. The van der Waals surface area contributed by atoms with E-state index < -0.39 is 0 Å². The van der Waals surface area contributed by atoms with E-state index in [1.165, 1.54) is 11.4 Å². The molecule has 0 aliphatic carbocycles. The Labute approximate surface area is 129 Å². The molecule has 1 fully saturated rings. The number of nitrogens with zero attached hydrogens (tertiary/aromatic N) is 2. The van der Waals surface area contributed by atoms with Gasteiger partial charge in [0.05, 0.1) is 6.67 Å². The first-order chi connectivity index (χ1) is 10.2. The van der Waals surface area contributed by atoms with Gasteiger partial charge >= 0.3 is 0 Å². The van der Waals surface area contributed by atoms with Gasteiger partial charge in [-0.05, 0) is 30.0 Å². The SMILES string of the molecule is CB1C(C)B(C)N(c2ccccc2)CN1c1ccccc1. The summed E-state index contributed by atoms with van der Waals surface area (Å²) in [5, 5.41) is 0. The van der Waals surface area contributed by atoms with E-state index in [9.17, 15) is 0 Å². The molecule has 0 unspecified atom stereocenters. The van der Waals surface area contributed by atoms with Gasteiger partial charge in [-0.3, -0.25) is 0 Å². The molecule has 0 atom stereocenters. The van der Waals surface area contributed by atoms with Crippen LogP contribution in [0.25, 0.3) is 0 Å². The molecular formula is C17H22B2N2. The van der Waals surface area contributed by atoms with Crippen LogP contribution in [0.2, 0.25) is 19.4 Å². The van der Waals surface area contributed by atoms with E-state index in [0.29, 0.717) is 19.4 Å². The van der Waals surface area contributed by atoms with Gasteiger partial charge in [-0.25, -0.2) is 0 Å². The van der Waals surface area contributed by atoms with Crippen molar-refractivity contribution in [3.05, 3.63) is 60.7 Å². The van der Waals surface area contributed by atoms with Crippen LogP contribution in [0.15, 0.2) is 60.7 Å². The van der Waals surface area contributed by atoms with Gasteiger partial charge in [-0.1, -0.05) is 57.0 Å². The molecule has 0 amide bonds. The lowest BCUT2D eigenvalue weighted by atomic mass is 9.30. The zero-order valence-corrected chi connectivity index (χ0v) is 13.1. The Kier molecular flexibility index (Phi) is 3.96. The number of hydrogen-bond acceptors (Lipinski definition) is 2. The highest BCUT2D eigenvalue weighted by atomic mass is 15.3. The van der Waals surface area contributed by atoms with Crippen LogP contribution in [0.1, 0.15) is 6.92 Å². The molecule has 0 radical (unpaired) electrons. The third kappa shape index (κ3) is 2.67. The van der Waals surface area contributed by atoms with E-state index in [2.05, 4.69) is 90.9 Å². The van der Waals surface area contributed by atoms with Crippen LogP contribution in [-0.2, 0) is 0 Å². The Morgan fingerprint density at radius 1 is 0.762 bits per heavy atom. The molecule has 1 heterocycles. The number of anilines is 2. The summed E-state index contributed by atoms with van der Waals surface area (Å²) >= 11 is 0. The quantitative estimate of drug-likeness (QED) is 0.760. The Bertz CT molecular complexity index is 524. The van der Waals surface area contributed by atoms with Crippen LogP contribution in [-0.4, -0.2) is 20.4 Å². The Balaban J connectivity index is 1.93. The van der Waals surface area contributed by atoms with Crippen molar-refractivity contribution in [3.63, 3.8) is 0 Å². The zero-order valence-electron chi connectivity index (χ0n) is 13.1. The summed E-state index contributed by atoms with van der Waals surface area (Å²) in [5.41, 5.74) is 3.23. The van der Waals surface area contributed by atoms with Crippen LogP contribution < -0.4 is 9.62 Å². The molecule has 0 N–H and O–H groups in total. The van der Waals surface area contributed by atoms with Crippen molar-refractivity contribution in [2.75, 3.05) is 16.3 Å². The van der Waals surface area contributed by atoms with Gasteiger partial charge in [0.15, 0.2) is 0 Å². The molecule has 21 heavy (non-hydrogen) atoms. The lowest BCUT2D eigenvalue weighted by molar-refractivity contribution is 0.926. The van der Waals surface area contributed by atoms with Gasteiger partial charge in [0.1, 0.15) is 0 Å². The van der Waals surface area contributed by atoms with E-state index >= 15 is 0 Å². The first-order valence-electron chi connectivity index (χ1n) is 7.82. The predicted octanol–water partition coefficient (Wildman–Crippen LogP) is 4.14. The molecule has 0 bridgehead atoms. The third-order valence-corrected chi connectivity index (χ3v) is 4.99. The molecule has 2 nitrogen and oxygen atoms in total. The number of hydrogen-bond donors (Lipinski definition) is 0. The average molecular weight is 276 g/mol. The second kappa shape index (κ2) is 5.88. The summed E-state index contributed by atoms with van der Waals surface area (Å²) in [6.45, 7) is 9.08.